The molecule has 1 heterocycles. The highest BCUT2D eigenvalue weighted by Crippen LogP contribution is 2.01. The number of hydrogen-bond donors (Lipinski definition) is 0. The van der Waals surface area contributed by atoms with Crippen LogP contribution in [-0.4, -0.2) is 23.3 Å². The van der Waals surface area contributed by atoms with E-state index in [-0.39, 0.29) is 5.91 Å². The minimum atomic E-state index is -0.659. The molecule has 0 radical (unpaired) electrons. The third-order valence-electron chi connectivity index (χ3n) is 0.900. The summed E-state index contributed by atoms with van der Waals surface area (Å²) in [4.78, 5) is 17.8. The Morgan fingerprint density at radius 2 is 2.44 bits per heavy atom. The van der Waals surface area contributed by atoms with Crippen molar-refractivity contribution in [2.75, 3.05) is 0 Å². The van der Waals surface area contributed by atoms with Crippen molar-refractivity contribution in [3.05, 3.63) is 0 Å². The van der Waals surface area contributed by atoms with Gasteiger partial charge in [0.25, 0.3) is 5.91 Å². The molecule has 9 heavy (non-hydrogen) atoms. The van der Waals surface area contributed by atoms with Gasteiger partial charge in [-0.15, -0.1) is 11.6 Å². The first-order chi connectivity index (χ1) is 4.20. The minimum absolute atomic E-state index is 0.329. The predicted molar refractivity (Wildman–Crippen MR) is 36.2 cm³/mol. The molecule has 0 spiro atoms. The molecular weight excluding hydrogens is 140 g/mol. The van der Waals surface area contributed by atoms with Crippen molar-refractivity contribution >= 4 is 29.6 Å². The van der Waals surface area contributed by atoms with Crippen molar-refractivity contribution in [1.82, 2.24) is 0 Å². The number of rotatable bonds is 0. The van der Waals surface area contributed by atoms with Crippen molar-refractivity contribution in [2.45, 2.75) is 12.3 Å². The maximum atomic E-state index is 10.6. The van der Waals surface area contributed by atoms with Gasteiger partial charge in [0.05, 0.1) is 0 Å². The molecule has 0 bridgehead atoms. The molecule has 48 valence electrons. The van der Waals surface area contributed by atoms with Gasteiger partial charge in [0, 0.05) is 6.21 Å². The van der Waals surface area contributed by atoms with Crippen LogP contribution in [0.5, 0.6) is 0 Å². The van der Waals surface area contributed by atoms with E-state index in [1.807, 2.05) is 0 Å². The van der Waals surface area contributed by atoms with E-state index in [0.717, 1.165) is 0 Å². The number of aliphatic imine (C=N–C) groups is 2. The van der Waals surface area contributed by atoms with Gasteiger partial charge in [0.2, 0.25) is 0 Å². The lowest BCUT2D eigenvalue weighted by Crippen LogP contribution is -2.19. The third-order valence-corrected chi connectivity index (χ3v) is 1.20. The molecule has 0 fully saturated rings. The molecule has 0 unspecified atom stereocenters. The largest absolute Gasteiger partial charge is 0.270 e. The van der Waals surface area contributed by atoms with Gasteiger partial charge in [-0.1, -0.05) is 0 Å². The van der Waals surface area contributed by atoms with Crippen molar-refractivity contribution in [3.8, 4) is 0 Å². The van der Waals surface area contributed by atoms with Crippen LogP contribution < -0.4 is 0 Å². The monoisotopic (exact) mass is 144 g/mol. The zero-order chi connectivity index (χ0) is 6.85. The molecule has 1 aliphatic heterocycles. The number of hydrogen-bond acceptors (Lipinski definition) is 2. The molecular formula is C5H5ClN2O. The van der Waals surface area contributed by atoms with Crippen LogP contribution in [0.1, 0.15) is 6.92 Å². The van der Waals surface area contributed by atoms with Crippen molar-refractivity contribution in [3.63, 3.8) is 0 Å². The fraction of sp³-hybridized carbons (Fsp3) is 0.400. The maximum absolute atomic E-state index is 10.6. The molecule has 1 atom stereocenters. The number of carbonyl (C=O) groups is 1. The summed E-state index contributed by atoms with van der Waals surface area (Å²) in [6.07, 6.45) is 1.38. The molecule has 0 aromatic rings. The Labute approximate surface area is 57.4 Å². The standard InChI is InChI=1S/C5H5ClN2O/c1-3-7-2-4(6)5(9)8-3/h2,4H,1H3/t4-/m0/s1. The van der Waals surface area contributed by atoms with Crippen LogP contribution in [-0.2, 0) is 4.79 Å². The van der Waals surface area contributed by atoms with Crippen molar-refractivity contribution in [2.24, 2.45) is 9.98 Å². The van der Waals surface area contributed by atoms with Crippen LogP contribution in [0, 0.1) is 0 Å². The number of carbonyl (C=O) groups excluding carboxylic acids is 1. The first-order valence-corrected chi connectivity index (χ1v) is 2.91. The first-order valence-electron chi connectivity index (χ1n) is 2.47. The summed E-state index contributed by atoms with van der Waals surface area (Å²) in [5.74, 6) is 0.140. The highest BCUT2D eigenvalue weighted by Gasteiger charge is 2.14. The molecule has 0 aliphatic carbocycles. The van der Waals surface area contributed by atoms with Gasteiger partial charge in [-0.2, -0.15) is 4.99 Å². The molecule has 0 aromatic heterocycles. The van der Waals surface area contributed by atoms with E-state index in [0.29, 0.717) is 5.84 Å². The van der Waals surface area contributed by atoms with E-state index < -0.39 is 5.38 Å². The van der Waals surface area contributed by atoms with Crippen LogP contribution in [0.15, 0.2) is 9.98 Å². The van der Waals surface area contributed by atoms with E-state index in [4.69, 9.17) is 11.6 Å². The minimum Gasteiger partial charge on any atom is -0.270 e. The van der Waals surface area contributed by atoms with Gasteiger partial charge in [-0.05, 0) is 6.92 Å². The summed E-state index contributed by atoms with van der Waals surface area (Å²) < 4.78 is 0. The first kappa shape index (κ1) is 6.42. The topological polar surface area (TPSA) is 41.8 Å². The van der Waals surface area contributed by atoms with E-state index in [9.17, 15) is 4.79 Å². The summed E-state index contributed by atoms with van der Waals surface area (Å²) in [6, 6.07) is 0. The van der Waals surface area contributed by atoms with Gasteiger partial charge in [-0.25, -0.2) is 4.99 Å². The highest BCUT2D eigenvalue weighted by molar-refractivity contribution is 6.41. The summed E-state index contributed by atoms with van der Waals surface area (Å²) in [6.45, 7) is 1.65. The lowest BCUT2D eigenvalue weighted by atomic mass is 10.4. The lowest BCUT2D eigenvalue weighted by Gasteiger charge is -2.02. The van der Waals surface area contributed by atoms with E-state index in [1.165, 1.54) is 6.21 Å². The molecule has 0 aromatic carbocycles. The maximum Gasteiger partial charge on any atom is 0.270 e. The van der Waals surface area contributed by atoms with E-state index in [2.05, 4.69) is 9.98 Å². The molecule has 0 saturated heterocycles. The zero-order valence-corrected chi connectivity index (χ0v) is 5.59. The molecule has 1 rings (SSSR count). The predicted octanol–water partition coefficient (Wildman–Crippen LogP) is 0.623. The summed E-state index contributed by atoms with van der Waals surface area (Å²) in [7, 11) is 0. The molecule has 1 aliphatic rings. The smallest absolute Gasteiger partial charge is 0.270 e. The van der Waals surface area contributed by atoms with Crippen LogP contribution in [0.2, 0.25) is 0 Å². The van der Waals surface area contributed by atoms with Gasteiger partial charge < -0.3 is 0 Å². The molecule has 4 heteroatoms. The number of alkyl halides is 1. The second-order valence-corrected chi connectivity index (χ2v) is 2.15. The average molecular weight is 145 g/mol. The Morgan fingerprint density at radius 1 is 1.78 bits per heavy atom. The number of amides is 1. The fourth-order valence-corrected chi connectivity index (χ4v) is 0.592. The number of nitrogens with zero attached hydrogens (tertiary/aromatic N) is 2. The lowest BCUT2D eigenvalue weighted by molar-refractivity contribution is -0.116. The van der Waals surface area contributed by atoms with Crippen LogP contribution in [0.25, 0.3) is 0 Å². The second-order valence-electron chi connectivity index (χ2n) is 1.68. The fourth-order valence-electron chi connectivity index (χ4n) is 0.487. The summed E-state index contributed by atoms with van der Waals surface area (Å²) >= 11 is 5.43. The van der Waals surface area contributed by atoms with Gasteiger partial charge in [-0.3, -0.25) is 4.79 Å². The van der Waals surface area contributed by atoms with Crippen molar-refractivity contribution in [1.29, 1.82) is 0 Å². The summed E-state index contributed by atoms with van der Waals surface area (Å²) in [5.41, 5.74) is 0. The van der Waals surface area contributed by atoms with Crippen LogP contribution >= 0.6 is 11.6 Å². The summed E-state index contributed by atoms with van der Waals surface area (Å²) in [5, 5.41) is -0.659. The highest BCUT2D eigenvalue weighted by atomic mass is 35.5. The zero-order valence-electron chi connectivity index (χ0n) is 4.84. The Hall–Kier alpha value is -0.700. The average Bonchev–Trinajstić information content (AvgIpc) is 1.80. The van der Waals surface area contributed by atoms with E-state index >= 15 is 0 Å². The van der Waals surface area contributed by atoms with Crippen LogP contribution in [0.4, 0.5) is 0 Å². The molecule has 3 nitrogen and oxygen atoms in total. The normalized spacial score (nSPS) is 26.2. The van der Waals surface area contributed by atoms with Gasteiger partial charge >= 0.3 is 0 Å². The Morgan fingerprint density at radius 3 is 2.89 bits per heavy atom. The second kappa shape index (κ2) is 2.27. The Bertz CT molecular complexity index is 197. The number of amidine groups is 1. The van der Waals surface area contributed by atoms with Crippen LogP contribution in [0.3, 0.4) is 0 Å². The Kier molecular flexibility index (Phi) is 1.62. The molecule has 0 N–H and O–H groups in total. The number of halogens is 1. The van der Waals surface area contributed by atoms with Gasteiger partial charge in [0.1, 0.15) is 11.2 Å². The molecule has 1 amide bonds. The van der Waals surface area contributed by atoms with Gasteiger partial charge in [0.15, 0.2) is 0 Å². The Balaban J connectivity index is 2.82. The molecule has 0 saturated carbocycles. The SMILES string of the molecule is CC1=NC(=O)[C@@H](Cl)C=N1. The van der Waals surface area contributed by atoms with Crippen molar-refractivity contribution < 1.29 is 4.79 Å². The quantitative estimate of drug-likeness (QED) is 0.460. The van der Waals surface area contributed by atoms with E-state index in [1.54, 1.807) is 6.92 Å². The third kappa shape index (κ3) is 1.36.